The maximum Gasteiger partial charge on any atom is 0.312 e. The van der Waals surface area contributed by atoms with Crippen LogP contribution >= 0.6 is 0 Å². The quantitative estimate of drug-likeness (QED) is 0.664. The Morgan fingerprint density at radius 2 is 1.95 bits per heavy atom. The second-order valence-corrected chi connectivity index (χ2v) is 5.08. The van der Waals surface area contributed by atoms with Gasteiger partial charge in [0.1, 0.15) is 0 Å². The lowest BCUT2D eigenvalue weighted by Gasteiger charge is -2.14. The highest BCUT2D eigenvalue weighted by Gasteiger charge is 2.21. The molecule has 1 saturated carbocycles. The standard InChI is InChI=1S/C15H20N2O3/c18-14(8-9-16-12-6-7-12)17-10-13(15(19)20)11-4-2-1-3-5-11/h1-5,12-13,16H,6-10H2,(H,17,18)(H,19,20). The number of rotatable bonds is 8. The van der Waals surface area contributed by atoms with E-state index in [0.29, 0.717) is 24.6 Å². The summed E-state index contributed by atoms with van der Waals surface area (Å²) < 4.78 is 0. The van der Waals surface area contributed by atoms with E-state index in [4.69, 9.17) is 0 Å². The van der Waals surface area contributed by atoms with Crippen molar-refractivity contribution >= 4 is 11.9 Å². The minimum Gasteiger partial charge on any atom is -0.481 e. The van der Waals surface area contributed by atoms with Crippen molar-refractivity contribution in [3.8, 4) is 0 Å². The summed E-state index contributed by atoms with van der Waals surface area (Å²) in [5.74, 6) is -1.73. The average Bonchev–Trinajstić information content (AvgIpc) is 3.24. The van der Waals surface area contributed by atoms with Gasteiger partial charge in [-0.15, -0.1) is 0 Å². The predicted octanol–water partition coefficient (Wildman–Crippen LogP) is 1.11. The number of benzene rings is 1. The van der Waals surface area contributed by atoms with Crippen LogP contribution in [-0.4, -0.2) is 36.1 Å². The molecule has 0 saturated heterocycles. The van der Waals surface area contributed by atoms with E-state index in [9.17, 15) is 14.7 Å². The van der Waals surface area contributed by atoms with E-state index in [2.05, 4.69) is 10.6 Å². The Bertz CT molecular complexity index is 457. The van der Waals surface area contributed by atoms with E-state index in [0.717, 1.165) is 0 Å². The summed E-state index contributed by atoms with van der Waals surface area (Å²) in [6.07, 6.45) is 2.77. The summed E-state index contributed by atoms with van der Waals surface area (Å²) in [5.41, 5.74) is 0.705. The number of amides is 1. The van der Waals surface area contributed by atoms with Crippen LogP contribution < -0.4 is 10.6 Å². The first kappa shape index (κ1) is 14.5. The smallest absolute Gasteiger partial charge is 0.312 e. The van der Waals surface area contributed by atoms with Crippen molar-refractivity contribution in [1.29, 1.82) is 0 Å². The number of hydrogen-bond acceptors (Lipinski definition) is 3. The van der Waals surface area contributed by atoms with E-state index in [1.165, 1.54) is 12.8 Å². The molecule has 1 aromatic rings. The Kier molecular flexibility index (Phi) is 5.12. The van der Waals surface area contributed by atoms with Crippen LogP contribution in [0.2, 0.25) is 0 Å². The zero-order valence-corrected chi connectivity index (χ0v) is 11.3. The molecule has 0 radical (unpaired) electrons. The molecule has 108 valence electrons. The van der Waals surface area contributed by atoms with Gasteiger partial charge < -0.3 is 15.7 Å². The molecular formula is C15H20N2O3. The molecule has 1 unspecified atom stereocenters. The van der Waals surface area contributed by atoms with E-state index in [-0.39, 0.29) is 12.5 Å². The first-order valence-electron chi connectivity index (χ1n) is 6.94. The predicted molar refractivity (Wildman–Crippen MR) is 75.5 cm³/mol. The zero-order chi connectivity index (χ0) is 14.4. The van der Waals surface area contributed by atoms with Crippen LogP contribution in [0.4, 0.5) is 0 Å². The van der Waals surface area contributed by atoms with Crippen LogP contribution in [-0.2, 0) is 9.59 Å². The Balaban J connectivity index is 1.76. The van der Waals surface area contributed by atoms with Crippen LogP contribution in [0.3, 0.4) is 0 Å². The molecule has 1 aliphatic rings. The second kappa shape index (κ2) is 7.05. The largest absolute Gasteiger partial charge is 0.481 e. The van der Waals surface area contributed by atoms with E-state index in [1.54, 1.807) is 24.3 Å². The van der Waals surface area contributed by atoms with Crippen LogP contribution in [0.15, 0.2) is 30.3 Å². The molecule has 20 heavy (non-hydrogen) atoms. The first-order chi connectivity index (χ1) is 9.66. The maximum atomic E-state index is 11.7. The summed E-state index contributed by atoms with van der Waals surface area (Å²) in [6.45, 7) is 0.779. The molecule has 1 amide bonds. The SMILES string of the molecule is O=C(CCNC1CC1)NCC(C(=O)O)c1ccccc1. The molecule has 2 rings (SSSR count). The highest BCUT2D eigenvalue weighted by atomic mass is 16.4. The van der Waals surface area contributed by atoms with Gasteiger partial charge in [-0.25, -0.2) is 0 Å². The molecule has 1 aromatic carbocycles. The van der Waals surface area contributed by atoms with Gasteiger partial charge in [0.2, 0.25) is 5.91 Å². The van der Waals surface area contributed by atoms with E-state index in [1.807, 2.05) is 6.07 Å². The molecule has 0 bridgehead atoms. The van der Waals surface area contributed by atoms with Crippen molar-refractivity contribution in [3.05, 3.63) is 35.9 Å². The lowest BCUT2D eigenvalue weighted by atomic mass is 9.99. The van der Waals surface area contributed by atoms with Gasteiger partial charge in [0.25, 0.3) is 0 Å². The minimum atomic E-state index is -0.924. The van der Waals surface area contributed by atoms with E-state index < -0.39 is 11.9 Å². The Morgan fingerprint density at radius 3 is 2.55 bits per heavy atom. The van der Waals surface area contributed by atoms with Crippen molar-refractivity contribution in [2.75, 3.05) is 13.1 Å². The Morgan fingerprint density at radius 1 is 1.25 bits per heavy atom. The Hall–Kier alpha value is -1.88. The van der Waals surface area contributed by atoms with Gasteiger partial charge in [0.05, 0.1) is 5.92 Å². The topological polar surface area (TPSA) is 78.4 Å². The fraction of sp³-hybridized carbons (Fsp3) is 0.467. The highest BCUT2D eigenvalue weighted by molar-refractivity contribution is 5.79. The van der Waals surface area contributed by atoms with Crippen LogP contribution in [0.1, 0.15) is 30.7 Å². The van der Waals surface area contributed by atoms with Crippen molar-refractivity contribution in [2.45, 2.75) is 31.2 Å². The fourth-order valence-corrected chi connectivity index (χ4v) is 2.01. The normalized spacial score (nSPS) is 15.6. The Labute approximate surface area is 118 Å². The van der Waals surface area contributed by atoms with Crippen molar-refractivity contribution < 1.29 is 14.7 Å². The molecule has 0 aromatic heterocycles. The third-order valence-corrected chi connectivity index (χ3v) is 3.37. The summed E-state index contributed by atoms with van der Waals surface area (Å²) in [4.78, 5) is 22.9. The van der Waals surface area contributed by atoms with Gasteiger partial charge in [-0.3, -0.25) is 9.59 Å². The number of aliphatic carboxylic acids is 1. The number of hydrogen-bond donors (Lipinski definition) is 3. The zero-order valence-electron chi connectivity index (χ0n) is 11.3. The second-order valence-electron chi connectivity index (χ2n) is 5.08. The van der Waals surface area contributed by atoms with Crippen LogP contribution in [0.25, 0.3) is 0 Å². The number of nitrogens with one attached hydrogen (secondary N) is 2. The average molecular weight is 276 g/mol. The van der Waals surface area contributed by atoms with Gasteiger partial charge in [-0.05, 0) is 18.4 Å². The summed E-state index contributed by atoms with van der Waals surface area (Å²) in [7, 11) is 0. The number of carbonyl (C=O) groups excluding carboxylic acids is 1. The van der Waals surface area contributed by atoms with Gasteiger partial charge in [0.15, 0.2) is 0 Å². The molecule has 0 heterocycles. The van der Waals surface area contributed by atoms with Gasteiger partial charge in [-0.2, -0.15) is 0 Å². The molecule has 5 heteroatoms. The third kappa shape index (κ3) is 4.66. The van der Waals surface area contributed by atoms with E-state index >= 15 is 0 Å². The molecule has 1 aliphatic carbocycles. The number of carboxylic acid groups (broad SMARTS) is 1. The molecule has 1 atom stereocenters. The summed E-state index contributed by atoms with van der Waals surface area (Å²) in [6, 6.07) is 9.54. The highest BCUT2D eigenvalue weighted by Crippen LogP contribution is 2.18. The molecule has 1 fully saturated rings. The maximum absolute atomic E-state index is 11.7. The molecule has 0 aliphatic heterocycles. The van der Waals surface area contributed by atoms with Crippen LogP contribution in [0, 0.1) is 0 Å². The van der Waals surface area contributed by atoms with Crippen LogP contribution in [0.5, 0.6) is 0 Å². The van der Waals surface area contributed by atoms with Gasteiger partial charge in [-0.1, -0.05) is 30.3 Å². The van der Waals surface area contributed by atoms with Crippen molar-refractivity contribution in [1.82, 2.24) is 10.6 Å². The molecule has 0 spiro atoms. The van der Waals surface area contributed by atoms with Gasteiger partial charge in [0, 0.05) is 25.6 Å². The lowest BCUT2D eigenvalue weighted by molar-refractivity contribution is -0.138. The summed E-state index contributed by atoms with van der Waals surface area (Å²) in [5, 5.41) is 15.2. The molecular weight excluding hydrogens is 256 g/mol. The third-order valence-electron chi connectivity index (χ3n) is 3.37. The summed E-state index contributed by atoms with van der Waals surface area (Å²) >= 11 is 0. The molecule has 3 N–H and O–H groups in total. The fourth-order valence-electron chi connectivity index (χ4n) is 2.01. The molecule has 5 nitrogen and oxygen atoms in total. The number of carboxylic acids is 1. The monoisotopic (exact) mass is 276 g/mol. The van der Waals surface area contributed by atoms with Crippen molar-refractivity contribution in [2.24, 2.45) is 0 Å². The number of carbonyl (C=O) groups is 2. The van der Waals surface area contributed by atoms with Gasteiger partial charge >= 0.3 is 5.97 Å². The first-order valence-corrected chi connectivity index (χ1v) is 6.94. The lowest BCUT2D eigenvalue weighted by Crippen LogP contribution is -2.33. The minimum absolute atomic E-state index is 0.111. The van der Waals surface area contributed by atoms with Crippen molar-refractivity contribution in [3.63, 3.8) is 0 Å².